The molecule has 0 aromatic heterocycles. The first-order valence-electron chi connectivity index (χ1n) is 32.0. The Labute approximate surface area is 466 Å². The van der Waals surface area contributed by atoms with Crippen LogP contribution in [-0.4, -0.2) is 36.1 Å². The molecule has 2 atom stereocenters. The molecule has 0 aliphatic rings. The second-order valence-corrected chi connectivity index (χ2v) is 22.0. The van der Waals surface area contributed by atoms with Gasteiger partial charge in [0.05, 0.1) is 0 Å². The normalized spacial score (nSPS) is 11.9. The van der Waals surface area contributed by atoms with Crippen LogP contribution in [-0.2, 0) is 48.1 Å². The first-order valence-corrected chi connectivity index (χ1v) is 32.0. The molecule has 73 heavy (non-hydrogen) atoms. The Bertz CT molecular complexity index is 1050. The molecule has 2 unspecified atom stereocenters. The van der Waals surface area contributed by atoms with E-state index in [1.807, 2.05) is 0 Å². The van der Waals surface area contributed by atoms with Crippen LogP contribution in [0.25, 0.3) is 0 Å². The van der Waals surface area contributed by atoms with Crippen LogP contribution in [0.1, 0.15) is 374 Å². The van der Waals surface area contributed by atoms with Gasteiger partial charge in [0.2, 0.25) is 0 Å². The van der Waals surface area contributed by atoms with E-state index in [9.17, 15) is 29.4 Å². The fraction of sp³-hybridized carbons (Fsp3) is 0.938. The van der Waals surface area contributed by atoms with E-state index >= 15 is 0 Å². The monoisotopic (exact) mass is 1080 g/mol. The number of hydrogen-bond donors (Lipinski definition) is 0. The van der Waals surface area contributed by atoms with Crippen LogP contribution in [0.3, 0.4) is 0 Å². The zero-order valence-corrected chi connectivity index (χ0v) is 52.3. The molecule has 8 nitrogen and oxygen atoms in total. The summed E-state index contributed by atoms with van der Waals surface area (Å²) in [6, 6.07) is 0. The molecule has 0 aliphatic heterocycles. The number of esters is 2. The number of rotatable bonds is 58. The maximum atomic E-state index is 12.5. The van der Waals surface area contributed by atoms with Crippen molar-refractivity contribution in [3.63, 3.8) is 0 Å². The number of unbranched alkanes of at least 4 members (excludes halogenated alkanes) is 40. The van der Waals surface area contributed by atoms with Crippen molar-refractivity contribution in [1.82, 2.24) is 0 Å². The van der Waals surface area contributed by atoms with Gasteiger partial charge >= 0.3 is 31.4 Å². The van der Waals surface area contributed by atoms with Gasteiger partial charge in [-0.3, -0.25) is 9.59 Å². The van der Waals surface area contributed by atoms with E-state index in [0.717, 1.165) is 128 Å². The van der Waals surface area contributed by atoms with Gasteiger partial charge in [-0.25, -0.2) is 0 Å². The quantitative estimate of drug-likeness (QED) is 0.0334. The molecule has 0 bridgehead atoms. The molecule has 0 saturated carbocycles. The summed E-state index contributed by atoms with van der Waals surface area (Å²) >= 11 is 0. The molecular weight excluding hydrogens is 962 g/mol. The van der Waals surface area contributed by atoms with Gasteiger partial charge < -0.3 is 29.3 Å². The third-order valence-corrected chi connectivity index (χ3v) is 14.6. The number of aliphatic carboxylic acids is 2. The predicted molar refractivity (Wildman–Crippen MR) is 302 cm³/mol. The number of hydrogen-bond acceptors (Lipinski definition) is 8. The predicted octanol–water partition coefficient (Wildman–Crippen LogP) is 18.4. The Morgan fingerprint density at radius 2 is 0.425 bits per heavy atom. The first-order chi connectivity index (χ1) is 35.2. The topological polar surface area (TPSA) is 133 Å². The van der Waals surface area contributed by atoms with Gasteiger partial charge in [-0.15, -0.1) is 0 Å². The molecule has 0 fully saturated rings. The fourth-order valence-electron chi connectivity index (χ4n) is 9.88. The van der Waals surface area contributed by atoms with Crippen molar-refractivity contribution in [3.05, 3.63) is 0 Å². The van der Waals surface area contributed by atoms with Gasteiger partial charge in [-0.2, -0.15) is 0 Å². The van der Waals surface area contributed by atoms with Gasteiger partial charge in [-0.1, -0.05) is 272 Å². The molecular formula is C64H122O8Zn. The van der Waals surface area contributed by atoms with Crippen molar-refractivity contribution < 1.29 is 58.3 Å². The fourth-order valence-corrected chi connectivity index (χ4v) is 9.88. The van der Waals surface area contributed by atoms with E-state index < -0.39 is 11.9 Å². The maximum Gasteiger partial charge on any atom is 2.00 e. The van der Waals surface area contributed by atoms with Crippen molar-refractivity contribution >= 4 is 23.9 Å². The summed E-state index contributed by atoms with van der Waals surface area (Å²) in [6.07, 6.45) is 61.6. The minimum atomic E-state index is -0.936. The van der Waals surface area contributed by atoms with Gasteiger partial charge in [0.25, 0.3) is 0 Å². The van der Waals surface area contributed by atoms with Crippen molar-refractivity contribution in [2.75, 3.05) is 0 Å². The molecule has 0 aromatic carbocycles. The van der Waals surface area contributed by atoms with E-state index in [4.69, 9.17) is 9.47 Å². The number of carbonyl (C=O) groups excluding carboxylic acids is 4. The molecule has 428 valence electrons. The minimum Gasteiger partial charge on any atom is -0.550 e. The summed E-state index contributed by atoms with van der Waals surface area (Å²) in [5.74, 6) is -1.85. The van der Waals surface area contributed by atoms with Crippen LogP contribution in [0, 0.1) is 0 Å². The van der Waals surface area contributed by atoms with Crippen LogP contribution in [0.2, 0.25) is 0 Å². The smallest absolute Gasteiger partial charge is 0.550 e. The molecule has 0 aliphatic carbocycles. The Balaban J connectivity index is -0.00000132. The van der Waals surface area contributed by atoms with E-state index in [1.165, 1.54) is 193 Å². The maximum absolute atomic E-state index is 12.5. The average molecular weight is 1090 g/mol. The van der Waals surface area contributed by atoms with Crippen LogP contribution in [0.4, 0.5) is 0 Å². The molecule has 9 heteroatoms. The molecule has 0 spiro atoms. The largest absolute Gasteiger partial charge is 2.00 e. The molecule has 0 radical (unpaired) electrons. The van der Waals surface area contributed by atoms with E-state index in [1.54, 1.807) is 0 Å². The Morgan fingerprint density at radius 1 is 0.260 bits per heavy atom. The van der Waals surface area contributed by atoms with Gasteiger partial charge in [-0.05, 0) is 89.9 Å². The van der Waals surface area contributed by atoms with E-state index in [0.29, 0.717) is 12.8 Å². The van der Waals surface area contributed by atoms with Crippen molar-refractivity contribution in [2.24, 2.45) is 0 Å². The van der Waals surface area contributed by atoms with Gasteiger partial charge in [0.1, 0.15) is 12.2 Å². The van der Waals surface area contributed by atoms with Gasteiger partial charge in [0.15, 0.2) is 0 Å². The summed E-state index contributed by atoms with van der Waals surface area (Å²) < 4.78 is 11.9. The molecule has 0 N–H and O–H groups in total. The third-order valence-electron chi connectivity index (χ3n) is 14.6. The molecule has 0 aromatic rings. The summed E-state index contributed by atoms with van der Waals surface area (Å²) in [5, 5.41) is 20.9. The summed E-state index contributed by atoms with van der Waals surface area (Å²) in [6.45, 7) is 9.01. The Morgan fingerprint density at radius 3 is 0.616 bits per heavy atom. The number of carboxylic acids is 2. The van der Waals surface area contributed by atoms with E-state index in [2.05, 4.69) is 27.7 Å². The number of carboxylic acid groups (broad SMARTS) is 2. The van der Waals surface area contributed by atoms with Crippen LogP contribution >= 0.6 is 0 Å². The average Bonchev–Trinajstić information content (AvgIpc) is 3.35. The molecule has 0 heterocycles. The Hall–Kier alpha value is -1.50. The number of ether oxygens (including phenoxy) is 2. The van der Waals surface area contributed by atoms with Gasteiger partial charge in [0, 0.05) is 24.8 Å². The first kappa shape index (κ1) is 75.7. The molecule has 0 rings (SSSR count). The minimum absolute atomic E-state index is 0. The molecule has 0 amide bonds. The summed E-state index contributed by atoms with van der Waals surface area (Å²) in [7, 11) is 0. The third kappa shape index (κ3) is 66.6. The Kier molecular flexibility index (Phi) is 67.2. The summed E-state index contributed by atoms with van der Waals surface area (Å²) in [4.78, 5) is 45.8. The number of carbonyl (C=O) groups is 4. The summed E-state index contributed by atoms with van der Waals surface area (Å²) in [5.41, 5.74) is 0. The zero-order chi connectivity index (χ0) is 53.1. The zero-order valence-electron chi connectivity index (χ0n) is 49.3. The standard InChI is InChI=1S/2C32H62O4.Zn/c2*1-3-5-7-9-10-11-12-13-17-21-25-29-32(35)36-30(26-22-18-8-6-4-2)27-23-19-15-14-16-20-24-28-31(33)34;/h2*30H,3-29H2,1-2H3,(H,33,34);/q;;+2/p-2. The SMILES string of the molecule is CCCCCCCCCCCCCC(=O)OC(CCCCCCC)CCCCCCCCCC(=O)[O-].CCCCCCCCCCCCCC(=O)OC(CCCCCCC)CCCCCCCCCC(=O)[O-].[Zn+2]. The molecule has 0 saturated heterocycles. The van der Waals surface area contributed by atoms with Crippen LogP contribution in [0.5, 0.6) is 0 Å². The van der Waals surface area contributed by atoms with E-state index in [-0.39, 0.29) is 56.5 Å². The second-order valence-electron chi connectivity index (χ2n) is 22.0. The van der Waals surface area contributed by atoms with Crippen molar-refractivity contribution in [3.8, 4) is 0 Å². The van der Waals surface area contributed by atoms with Crippen LogP contribution in [0.15, 0.2) is 0 Å². The van der Waals surface area contributed by atoms with Crippen molar-refractivity contribution in [2.45, 2.75) is 387 Å². The van der Waals surface area contributed by atoms with Crippen LogP contribution < -0.4 is 10.2 Å². The second kappa shape index (κ2) is 64.8. The van der Waals surface area contributed by atoms with Crippen molar-refractivity contribution in [1.29, 1.82) is 0 Å².